The molecular formula is C13H18N2O2. The summed E-state index contributed by atoms with van der Waals surface area (Å²) in [6.07, 6.45) is 8.49. The van der Waals surface area contributed by atoms with E-state index in [-0.39, 0.29) is 22.4 Å². The molecule has 1 aromatic rings. The number of aromatic nitrogens is 1. The number of nitrogens with one attached hydrogen (secondary N) is 2. The number of carbonyl (C=O) groups is 1. The average molecular weight is 234 g/mol. The van der Waals surface area contributed by atoms with Crippen LogP contribution in [0.1, 0.15) is 49.4 Å². The maximum Gasteiger partial charge on any atom is 0.257 e. The van der Waals surface area contributed by atoms with Crippen LogP contribution in [0, 0.1) is 0 Å². The Kier molecular flexibility index (Phi) is 3.31. The van der Waals surface area contributed by atoms with E-state index in [0.717, 1.165) is 25.7 Å². The first-order valence-corrected chi connectivity index (χ1v) is 6.10. The molecule has 0 saturated heterocycles. The lowest BCUT2D eigenvalue weighted by Gasteiger charge is -2.34. The van der Waals surface area contributed by atoms with E-state index in [4.69, 9.17) is 0 Å². The molecule has 0 radical (unpaired) electrons. The van der Waals surface area contributed by atoms with E-state index < -0.39 is 0 Å². The summed E-state index contributed by atoms with van der Waals surface area (Å²) >= 11 is 0. The van der Waals surface area contributed by atoms with Gasteiger partial charge in [-0.15, -0.1) is 0 Å². The zero-order chi connectivity index (χ0) is 12.3. The first-order valence-electron chi connectivity index (χ1n) is 6.10. The van der Waals surface area contributed by atoms with Crippen molar-refractivity contribution in [3.05, 3.63) is 34.2 Å². The molecule has 2 rings (SSSR count). The monoisotopic (exact) mass is 234 g/mol. The zero-order valence-electron chi connectivity index (χ0n) is 10.1. The second kappa shape index (κ2) is 4.73. The summed E-state index contributed by atoms with van der Waals surface area (Å²) in [6.45, 7) is 2.06. The quantitative estimate of drug-likeness (QED) is 0.820. The van der Waals surface area contributed by atoms with E-state index in [9.17, 15) is 9.59 Å². The van der Waals surface area contributed by atoms with Crippen LogP contribution in [0.2, 0.25) is 0 Å². The van der Waals surface area contributed by atoms with Gasteiger partial charge in [0, 0.05) is 24.0 Å². The van der Waals surface area contributed by atoms with Gasteiger partial charge in [0.2, 0.25) is 0 Å². The van der Waals surface area contributed by atoms with Crippen LogP contribution in [0.3, 0.4) is 0 Å². The highest BCUT2D eigenvalue weighted by atomic mass is 16.2. The Morgan fingerprint density at radius 1 is 1.35 bits per heavy atom. The fraction of sp³-hybridized carbons (Fsp3) is 0.538. The highest BCUT2D eigenvalue weighted by Crippen LogP contribution is 2.27. The van der Waals surface area contributed by atoms with Crippen molar-refractivity contribution < 1.29 is 4.79 Å². The van der Waals surface area contributed by atoms with Crippen molar-refractivity contribution in [3.8, 4) is 0 Å². The van der Waals surface area contributed by atoms with Gasteiger partial charge in [-0.1, -0.05) is 19.3 Å². The number of pyridine rings is 1. The molecule has 92 valence electrons. The standard InChI is InChI=1S/C13H18N2O2/c1-13(6-3-2-4-7-13)15-12(17)10-9-14-8-5-11(10)16/h5,8-9H,2-4,6-7H2,1H3,(H,14,16)(H,15,17). The van der Waals surface area contributed by atoms with Crippen LogP contribution in [-0.2, 0) is 0 Å². The molecule has 1 amide bonds. The van der Waals surface area contributed by atoms with Crippen molar-refractivity contribution in [2.24, 2.45) is 0 Å². The van der Waals surface area contributed by atoms with Crippen molar-refractivity contribution in [2.45, 2.75) is 44.6 Å². The van der Waals surface area contributed by atoms with Crippen molar-refractivity contribution >= 4 is 5.91 Å². The second-order valence-electron chi connectivity index (χ2n) is 5.00. The Morgan fingerprint density at radius 2 is 2.06 bits per heavy atom. The van der Waals surface area contributed by atoms with Crippen LogP contribution in [0.25, 0.3) is 0 Å². The number of H-pyrrole nitrogens is 1. The molecule has 0 aromatic carbocycles. The van der Waals surface area contributed by atoms with Crippen molar-refractivity contribution in [2.75, 3.05) is 0 Å². The predicted molar refractivity (Wildman–Crippen MR) is 66.0 cm³/mol. The Balaban J connectivity index is 2.11. The van der Waals surface area contributed by atoms with E-state index in [0.29, 0.717) is 0 Å². The number of amides is 1. The van der Waals surface area contributed by atoms with E-state index in [1.54, 1.807) is 0 Å². The van der Waals surface area contributed by atoms with Crippen LogP contribution < -0.4 is 10.7 Å². The Morgan fingerprint density at radius 3 is 2.71 bits per heavy atom. The smallest absolute Gasteiger partial charge is 0.257 e. The SMILES string of the molecule is CC1(NC(=O)c2c[nH]ccc2=O)CCCCC1. The molecule has 1 fully saturated rings. The molecule has 1 aromatic heterocycles. The normalized spacial score (nSPS) is 18.6. The summed E-state index contributed by atoms with van der Waals surface area (Å²) < 4.78 is 0. The first-order chi connectivity index (χ1) is 8.11. The van der Waals surface area contributed by atoms with Crippen LogP contribution in [-0.4, -0.2) is 16.4 Å². The van der Waals surface area contributed by atoms with Gasteiger partial charge in [-0.3, -0.25) is 9.59 Å². The largest absolute Gasteiger partial charge is 0.367 e. The highest BCUT2D eigenvalue weighted by molar-refractivity contribution is 5.94. The van der Waals surface area contributed by atoms with Crippen molar-refractivity contribution in [1.82, 2.24) is 10.3 Å². The summed E-state index contributed by atoms with van der Waals surface area (Å²) in [6, 6.07) is 1.37. The third-order valence-corrected chi connectivity index (χ3v) is 3.44. The van der Waals surface area contributed by atoms with Gasteiger partial charge in [0.25, 0.3) is 5.91 Å². The lowest BCUT2D eigenvalue weighted by Crippen LogP contribution is -2.48. The highest BCUT2D eigenvalue weighted by Gasteiger charge is 2.29. The fourth-order valence-electron chi connectivity index (χ4n) is 2.39. The molecule has 2 N–H and O–H groups in total. The van der Waals surface area contributed by atoms with Crippen molar-refractivity contribution in [1.29, 1.82) is 0 Å². The predicted octanol–water partition coefficient (Wildman–Crippen LogP) is 1.83. The van der Waals surface area contributed by atoms with Gasteiger partial charge in [-0.25, -0.2) is 0 Å². The van der Waals surface area contributed by atoms with Gasteiger partial charge in [0.05, 0.1) is 0 Å². The molecule has 0 aliphatic heterocycles. The van der Waals surface area contributed by atoms with E-state index >= 15 is 0 Å². The maximum absolute atomic E-state index is 12.0. The lowest BCUT2D eigenvalue weighted by molar-refractivity contribution is 0.0881. The van der Waals surface area contributed by atoms with Crippen LogP contribution >= 0.6 is 0 Å². The average Bonchev–Trinajstić information content (AvgIpc) is 2.29. The van der Waals surface area contributed by atoms with Gasteiger partial charge in [-0.05, 0) is 19.8 Å². The van der Waals surface area contributed by atoms with Crippen LogP contribution in [0.5, 0.6) is 0 Å². The number of aromatic amines is 1. The summed E-state index contributed by atoms with van der Waals surface area (Å²) in [4.78, 5) is 26.3. The molecule has 1 saturated carbocycles. The molecule has 4 nitrogen and oxygen atoms in total. The number of rotatable bonds is 2. The Hall–Kier alpha value is -1.58. The summed E-state index contributed by atoms with van der Waals surface area (Å²) in [7, 11) is 0. The molecule has 1 aliphatic rings. The fourth-order valence-corrected chi connectivity index (χ4v) is 2.39. The topological polar surface area (TPSA) is 62.0 Å². The van der Waals surface area contributed by atoms with Crippen LogP contribution in [0.4, 0.5) is 0 Å². The zero-order valence-corrected chi connectivity index (χ0v) is 10.1. The minimum absolute atomic E-state index is 0.155. The van der Waals surface area contributed by atoms with Crippen LogP contribution in [0.15, 0.2) is 23.3 Å². The molecule has 17 heavy (non-hydrogen) atoms. The third kappa shape index (κ3) is 2.75. The van der Waals surface area contributed by atoms with Gasteiger partial charge in [0.15, 0.2) is 5.43 Å². The van der Waals surface area contributed by atoms with E-state index in [2.05, 4.69) is 17.2 Å². The van der Waals surface area contributed by atoms with E-state index in [1.807, 2.05) is 0 Å². The number of hydrogen-bond donors (Lipinski definition) is 2. The second-order valence-corrected chi connectivity index (χ2v) is 5.00. The maximum atomic E-state index is 12.0. The number of hydrogen-bond acceptors (Lipinski definition) is 2. The van der Waals surface area contributed by atoms with Crippen molar-refractivity contribution in [3.63, 3.8) is 0 Å². The molecular weight excluding hydrogens is 216 g/mol. The molecule has 1 heterocycles. The third-order valence-electron chi connectivity index (χ3n) is 3.44. The molecule has 0 spiro atoms. The molecule has 0 atom stereocenters. The minimum Gasteiger partial charge on any atom is -0.367 e. The molecule has 4 heteroatoms. The lowest BCUT2D eigenvalue weighted by atomic mass is 9.83. The summed E-state index contributed by atoms with van der Waals surface area (Å²) in [5.74, 6) is -0.267. The summed E-state index contributed by atoms with van der Waals surface area (Å²) in [5, 5.41) is 2.99. The molecule has 0 bridgehead atoms. The van der Waals surface area contributed by atoms with E-state index in [1.165, 1.54) is 24.9 Å². The molecule has 0 unspecified atom stereocenters. The Labute approximate surface area is 100 Å². The molecule has 1 aliphatic carbocycles. The number of carbonyl (C=O) groups excluding carboxylic acids is 1. The van der Waals surface area contributed by atoms with Gasteiger partial charge >= 0.3 is 0 Å². The van der Waals surface area contributed by atoms with Gasteiger partial charge < -0.3 is 10.3 Å². The first kappa shape index (κ1) is 11.9. The van der Waals surface area contributed by atoms with Gasteiger partial charge in [-0.2, -0.15) is 0 Å². The Bertz CT molecular complexity index is 458. The minimum atomic E-state index is -0.267. The summed E-state index contributed by atoms with van der Waals surface area (Å²) in [5.41, 5.74) is -0.197. The van der Waals surface area contributed by atoms with Gasteiger partial charge in [0.1, 0.15) is 5.56 Å².